The minimum atomic E-state index is -0.854. The van der Waals surface area contributed by atoms with Gasteiger partial charge in [0.15, 0.2) is 0 Å². The number of ether oxygens (including phenoxy) is 2. The van der Waals surface area contributed by atoms with Crippen LogP contribution in [-0.4, -0.2) is 23.8 Å². The Bertz CT molecular complexity index is 937. The highest BCUT2D eigenvalue weighted by atomic mass is 35.5. The van der Waals surface area contributed by atoms with Crippen molar-refractivity contribution in [2.75, 3.05) is 6.61 Å². The number of carbonyl (C=O) groups is 1. The number of hydrogen-bond acceptors (Lipinski definition) is 3. The van der Waals surface area contributed by atoms with E-state index in [1.807, 2.05) is 44.2 Å². The van der Waals surface area contributed by atoms with E-state index in [0.717, 1.165) is 46.7 Å². The molecular formula is C27H33ClO4. The zero-order valence-corrected chi connectivity index (χ0v) is 19.9. The molecule has 1 heterocycles. The van der Waals surface area contributed by atoms with Gasteiger partial charge in [-0.05, 0) is 62.1 Å². The van der Waals surface area contributed by atoms with Gasteiger partial charge >= 0.3 is 5.97 Å². The van der Waals surface area contributed by atoms with Crippen molar-refractivity contribution in [1.29, 1.82) is 0 Å². The number of halogens is 1. The van der Waals surface area contributed by atoms with E-state index < -0.39 is 5.97 Å². The van der Waals surface area contributed by atoms with E-state index in [1.54, 1.807) is 0 Å². The second-order valence-electron chi connectivity index (χ2n) is 8.61. The third-order valence-electron chi connectivity index (χ3n) is 6.18. The molecule has 32 heavy (non-hydrogen) atoms. The van der Waals surface area contributed by atoms with E-state index in [0.29, 0.717) is 6.61 Å². The van der Waals surface area contributed by atoms with E-state index in [1.165, 1.54) is 5.56 Å². The van der Waals surface area contributed by atoms with Gasteiger partial charge in [0, 0.05) is 22.4 Å². The molecule has 0 bridgehead atoms. The monoisotopic (exact) mass is 456 g/mol. The average molecular weight is 457 g/mol. The minimum Gasteiger partial charge on any atom is -0.493 e. The maximum atomic E-state index is 11.3. The zero-order chi connectivity index (χ0) is 23.3. The first-order chi connectivity index (χ1) is 15.3. The Morgan fingerprint density at radius 1 is 1.22 bits per heavy atom. The molecular weight excluding hydrogens is 424 g/mol. The third-order valence-corrected chi connectivity index (χ3v) is 6.44. The van der Waals surface area contributed by atoms with Gasteiger partial charge in [-0.2, -0.15) is 0 Å². The van der Waals surface area contributed by atoms with Crippen LogP contribution in [0.3, 0.4) is 0 Å². The minimum absolute atomic E-state index is 0.0321. The fraction of sp³-hybridized carbons (Fsp3) is 0.444. The molecule has 1 aliphatic rings. The van der Waals surface area contributed by atoms with E-state index in [2.05, 4.69) is 25.6 Å². The Kier molecular flexibility index (Phi) is 8.38. The maximum Gasteiger partial charge on any atom is 0.307 e. The molecule has 5 heteroatoms. The quantitative estimate of drug-likeness (QED) is 0.414. The first kappa shape index (κ1) is 24.3. The van der Waals surface area contributed by atoms with Gasteiger partial charge in [-0.15, -0.1) is 0 Å². The smallest absolute Gasteiger partial charge is 0.307 e. The van der Waals surface area contributed by atoms with E-state index in [9.17, 15) is 9.90 Å². The number of aliphatic carboxylic acids is 1. The number of rotatable bonds is 9. The predicted molar refractivity (Wildman–Crippen MR) is 129 cm³/mol. The van der Waals surface area contributed by atoms with Gasteiger partial charge in [0.2, 0.25) is 0 Å². The highest BCUT2D eigenvalue weighted by molar-refractivity contribution is 6.30. The van der Waals surface area contributed by atoms with Crippen LogP contribution in [0.5, 0.6) is 5.75 Å². The lowest BCUT2D eigenvalue weighted by Gasteiger charge is -2.43. The van der Waals surface area contributed by atoms with E-state index in [4.69, 9.17) is 21.1 Å². The molecule has 2 aromatic rings. The summed E-state index contributed by atoms with van der Waals surface area (Å²) in [7, 11) is 0. The van der Waals surface area contributed by atoms with Crippen molar-refractivity contribution in [3.8, 4) is 5.75 Å². The van der Waals surface area contributed by atoms with Crippen LogP contribution >= 0.6 is 11.6 Å². The first-order valence-corrected chi connectivity index (χ1v) is 11.8. The Morgan fingerprint density at radius 3 is 2.53 bits per heavy atom. The molecule has 4 nitrogen and oxygen atoms in total. The van der Waals surface area contributed by atoms with Crippen LogP contribution in [0.4, 0.5) is 0 Å². The molecule has 0 amide bonds. The van der Waals surface area contributed by atoms with E-state index in [-0.39, 0.29) is 30.5 Å². The number of carboxylic acids is 1. The molecule has 2 aromatic carbocycles. The van der Waals surface area contributed by atoms with Crippen molar-refractivity contribution in [1.82, 2.24) is 0 Å². The highest BCUT2D eigenvalue weighted by Crippen LogP contribution is 2.49. The Hall–Kier alpha value is -2.30. The lowest BCUT2D eigenvalue weighted by Crippen LogP contribution is -2.36. The Labute approximate surface area is 196 Å². The summed E-state index contributed by atoms with van der Waals surface area (Å²) in [6.07, 6.45) is 2.63. The van der Waals surface area contributed by atoms with Crippen LogP contribution in [0.2, 0.25) is 5.02 Å². The normalized spacial score (nSPS) is 23.0. The second kappa shape index (κ2) is 11.0. The van der Waals surface area contributed by atoms with Crippen LogP contribution in [0.25, 0.3) is 0 Å². The summed E-state index contributed by atoms with van der Waals surface area (Å²) in [5, 5.41) is 10.0. The number of hydrogen-bond donors (Lipinski definition) is 1. The summed E-state index contributed by atoms with van der Waals surface area (Å²) in [4.78, 5) is 11.3. The fourth-order valence-electron chi connectivity index (χ4n) is 4.68. The highest BCUT2D eigenvalue weighted by Gasteiger charge is 2.40. The van der Waals surface area contributed by atoms with Crippen molar-refractivity contribution < 1.29 is 19.4 Å². The van der Waals surface area contributed by atoms with Gasteiger partial charge in [0.1, 0.15) is 5.75 Å². The molecule has 1 fully saturated rings. The van der Waals surface area contributed by atoms with Gasteiger partial charge in [-0.1, -0.05) is 55.3 Å². The van der Waals surface area contributed by atoms with Gasteiger partial charge in [-0.3, -0.25) is 4.79 Å². The fourth-order valence-corrected chi connectivity index (χ4v) is 4.81. The summed E-state index contributed by atoms with van der Waals surface area (Å²) in [6, 6.07) is 13.7. The number of benzene rings is 2. The van der Waals surface area contributed by atoms with Gasteiger partial charge in [0.25, 0.3) is 0 Å². The predicted octanol–water partition coefficient (Wildman–Crippen LogP) is 6.97. The molecule has 172 valence electrons. The Morgan fingerprint density at radius 2 is 1.94 bits per heavy atom. The van der Waals surface area contributed by atoms with Crippen molar-refractivity contribution >= 4 is 17.6 Å². The van der Waals surface area contributed by atoms with Gasteiger partial charge in [-0.25, -0.2) is 0 Å². The van der Waals surface area contributed by atoms with Crippen LogP contribution < -0.4 is 4.74 Å². The summed E-state index contributed by atoms with van der Waals surface area (Å²) in [5.41, 5.74) is 3.93. The molecule has 0 aromatic heterocycles. The molecule has 0 spiro atoms. The summed E-state index contributed by atoms with van der Waals surface area (Å²) in [6.45, 7) is 11.0. The molecule has 0 saturated carbocycles. The molecule has 0 radical (unpaired) electrons. The van der Waals surface area contributed by atoms with E-state index >= 15 is 0 Å². The third kappa shape index (κ3) is 5.73. The average Bonchev–Trinajstić information content (AvgIpc) is 2.75. The van der Waals surface area contributed by atoms with Crippen molar-refractivity contribution in [2.45, 2.75) is 64.6 Å². The summed E-state index contributed by atoms with van der Waals surface area (Å²) in [5.74, 6) is 0.219. The molecule has 0 aliphatic carbocycles. The Balaban J connectivity index is 2.02. The lowest BCUT2D eigenvalue weighted by molar-refractivity contribution is -0.136. The standard InChI is InChI=1S/C27H33ClO4/c1-5-7-25-22(19-9-11-20(28)12-10-19)16-21(17(3)4)27(32-25)23-14-18(15-26(29)30)8-13-24(23)31-6-2/h8-14,21-22,25,27H,3,5-7,15-16H2,1-2,4H3,(H,29,30)/t21-,22+,25+,27+/m1/s1. The van der Waals surface area contributed by atoms with Crippen LogP contribution in [0.1, 0.15) is 68.7 Å². The summed E-state index contributed by atoms with van der Waals surface area (Å²) >= 11 is 6.13. The van der Waals surface area contributed by atoms with Gasteiger partial charge in [0.05, 0.1) is 25.2 Å². The maximum absolute atomic E-state index is 11.3. The largest absolute Gasteiger partial charge is 0.493 e. The SMILES string of the molecule is C=C(C)[C@H]1C[C@@H](c2ccc(Cl)cc2)[C@H](CCC)O[C@@H]1c1cc(CC(=O)O)ccc1OCC. The molecule has 1 saturated heterocycles. The van der Waals surface area contributed by atoms with Gasteiger partial charge < -0.3 is 14.6 Å². The summed E-state index contributed by atoms with van der Waals surface area (Å²) < 4.78 is 12.7. The zero-order valence-electron chi connectivity index (χ0n) is 19.1. The van der Waals surface area contributed by atoms with Crippen molar-refractivity contribution in [3.63, 3.8) is 0 Å². The molecule has 3 rings (SSSR count). The second-order valence-corrected chi connectivity index (χ2v) is 9.04. The lowest BCUT2D eigenvalue weighted by atomic mass is 9.74. The van der Waals surface area contributed by atoms with Crippen LogP contribution in [-0.2, 0) is 16.0 Å². The van der Waals surface area contributed by atoms with Crippen molar-refractivity contribution in [2.24, 2.45) is 5.92 Å². The van der Waals surface area contributed by atoms with Crippen molar-refractivity contribution in [3.05, 3.63) is 76.3 Å². The van der Waals surface area contributed by atoms with Crippen LogP contribution in [0.15, 0.2) is 54.6 Å². The molecule has 1 aliphatic heterocycles. The topological polar surface area (TPSA) is 55.8 Å². The molecule has 4 atom stereocenters. The first-order valence-electron chi connectivity index (χ1n) is 11.4. The molecule has 1 N–H and O–H groups in total. The van der Waals surface area contributed by atoms with Crippen LogP contribution in [0, 0.1) is 5.92 Å². The molecule has 0 unspecified atom stereocenters. The number of carboxylic acid groups (broad SMARTS) is 1.